The molecule has 1 amide bonds. The molecule has 0 spiro atoms. The van der Waals surface area contributed by atoms with E-state index in [0.29, 0.717) is 13.0 Å². The molecular formula is C33H48N2O2S. The van der Waals surface area contributed by atoms with E-state index in [9.17, 15) is 4.79 Å². The molecule has 38 heavy (non-hydrogen) atoms. The summed E-state index contributed by atoms with van der Waals surface area (Å²) >= 11 is 1.81. The number of carbonyl (C=O) groups is 1. The molecule has 0 aliphatic carbocycles. The second-order valence-corrected chi connectivity index (χ2v) is 11.3. The quantitative estimate of drug-likeness (QED) is 0.182. The fourth-order valence-electron chi connectivity index (χ4n) is 4.86. The molecule has 208 valence electrons. The maximum atomic E-state index is 13.0. The van der Waals surface area contributed by atoms with Crippen LogP contribution in [0.2, 0.25) is 0 Å². The Morgan fingerprint density at radius 1 is 0.842 bits per heavy atom. The lowest BCUT2D eigenvalue weighted by Gasteiger charge is -2.21. The summed E-state index contributed by atoms with van der Waals surface area (Å²) in [6, 6.07) is 16.0. The number of unbranched alkanes of at least 4 members (excludes halogenated alkanes) is 11. The monoisotopic (exact) mass is 536 g/mol. The van der Waals surface area contributed by atoms with Gasteiger partial charge in [0.25, 0.3) is 0 Å². The van der Waals surface area contributed by atoms with Crippen LogP contribution in [-0.2, 0) is 17.8 Å². The topological polar surface area (TPSA) is 41.6 Å². The van der Waals surface area contributed by atoms with Gasteiger partial charge in [0.05, 0.1) is 18.9 Å². The van der Waals surface area contributed by atoms with E-state index in [0.717, 1.165) is 41.4 Å². The van der Waals surface area contributed by atoms with Crippen molar-refractivity contribution in [2.24, 2.45) is 0 Å². The van der Waals surface area contributed by atoms with Gasteiger partial charge >= 0.3 is 0 Å². The highest BCUT2D eigenvalue weighted by Crippen LogP contribution is 2.27. The predicted octanol–water partition coefficient (Wildman–Crippen LogP) is 9.32. The minimum Gasteiger partial charge on any atom is -0.493 e. The van der Waals surface area contributed by atoms with Crippen LogP contribution in [0.15, 0.2) is 59.6 Å². The molecule has 0 aromatic heterocycles. The lowest BCUT2D eigenvalue weighted by atomic mass is 10.1. The van der Waals surface area contributed by atoms with Crippen LogP contribution in [0.5, 0.6) is 5.75 Å². The molecular weight excluding hydrogens is 488 g/mol. The summed E-state index contributed by atoms with van der Waals surface area (Å²) < 4.78 is 6.11. The normalized spacial score (nSPS) is 13.0. The largest absolute Gasteiger partial charge is 0.493 e. The summed E-state index contributed by atoms with van der Waals surface area (Å²) in [5, 5.41) is 5.33. The van der Waals surface area contributed by atoms with Gasteiger partial charge in [-0.05, 0) is 36.4 Å². The highest BCUT2D eigenvalue weighted by Gasteiger charge is 2.15. The fraction of sp³-hybridized carbons (Fsp3) is 0.545. The van der Waals surface area contributed by atoms with Crippen LogP contribution >= 0.6 is 11.8 Å². The number of anilines is 1. The Bertz CT molecular complexity index is 990. The van der Waals surface area contributed by atoms with Gasteiger partial charge < -0.3 is 15.0 Å². The molecule has 0 saturated heterocycles. The first-order valence-corrected chi connectivity index (χ1v) is 15.8. The first-order chi connectivity index (χ1) is 18.7. The van der Waals surface area contributed by atoms with E-state index in [1.165, 1.54) is 76.3 Å². The van der Waals surface area contributed by atoms with Crippen LogP contribution < -0.4 is 10.1 Å². The van der Waals surface area contributed by atoms with Crippen molar-refractivity contribution in [3.63, 3.8) is 0 Å². The summed E-state index contributed by atoms with van der Waals surface area (Å²) in [5.41, 5.74) is 4.23. The number of allylic oxidation sites excluding steroid dienone is 1. The van der Waals surface area contributed by atoms with Gasteiger partial charge in [0.2, 0.25) is 5.91 Å². The number of amides is 1. The van der Waals surface area contributed by atoms with Crippen LogP contribution in [-0.4, -0.2) is 23.3 Å². The second kappa shape index (κ2) is 18.0. The van der Waals surface area contributed by atoms with Crippen molar-refractivity contribution in [3.05, 3.63) is 70.8 Å². The molecule has 0 unspecified atom stereocenters. The fourth-order valence-corrected chi connectivity index (χ4v) is 5.80. The second-order valence-electron chi connectivity index (χ2n) is 10.5. The van der Waals surface area contributed by atoms with E-state index in [-0.39, 0.29) is 5.91 Å². The number of hydrogen-bond acceptors (Lipinski definition) is 4. The first kappa shape index (κ1) is 30.1. The van der Waals surface area contributed by atoms with Crippen molar-refractivity contribution in [2.75, 3.05) is 17.8 Å². The van der Waals surface area contributed by atoms with E-state index in [2.05, 4.69) is 35.5 Å². The lowest BCUT2D eigenvalue weighted by Crippen LogP contribution is -2.20. The third-order valence-corrected chi connectivity index (χ3v) is 8.18. The summed E-state index contributed by atoms with van der Waals surface area (Å²) in [5.74, 6) is 1.77. The molecule has 0 saturated carbocycles. The molecule has 1 N–H and O–H groups in total. The van der Waals surface area contributed by atoms with E-state index in [4.69, 9.17) is 4.74 Å². The molecule has 0 atom stereocenters. The SMILES string of the molecule is CCCCCCCCCCCCCCOc1ccccc1CC(=O)Nc1ccccc1CN1CSC=C1C. The van der Waals surface area contributed by atoms with E-state index in [1.54, 1.807) is 0 Å². The Morgan fingerprint density at radius 3 is 2.11 bits per heavy atom. The molecule has 5 heteroatoms. The van der Waals surface area contributed by atoms with Gasteiger partial charge in [0.15, 0.2) is 0 Å². The van der Waals surface area contributed by atoms with Gasteiger partial charge in [-0.2, -0.15) is 0 Å². The minimum absolute atomic E-state index is 0.0121. The van der Waals surface area contributed by atoms with Crippen LogP contribution in [0.3, 0.4) is 0 Å². The highest BCUT2D eigenvalue weighted by molar-refractivity contribution is 8.02. The smallest absolute Gasteiger partial charge is 0.228 e. The number of hydrogen-bond donors (Lipinski definition) is 1. The standard InChI is InChI=1S/C33H48N2O2S/c1-3-4-5-6-7-8-9-10-11-12-13-18-23-37-32-22-17-15-19-29(32)24-33(36)34-31-21-16-14-20-30(31)25-35-27-38-26-28(35)2/h14-17,19-22,26H,3-13,18,23-25,27H2,1-2H3,(H,34,36). The number of carbonyl (C=O) groups excluding carboxylic acids is 1. The Labute approximate surface area is 235 Å². The Balaban J connectivity index is 1.35. The van der Waals surface area contributed by atoms with Crippen molar-refractivity contribution >= 4 is 23.4 Å². The molecule has 0 radical (unpaired) electrons. The molecule has 2 aromatic carbocycles. The summed E-state index contributed by atoms with van der Waals surface area (Å²) in [7, 11) is 0. The summed E-state index contributed by atoms with van der Waals surface area (Å²) in [4.78, 5) is 15.3. The Hall–Kier alpha value is -2.40. The number of ether oxygens (including phenoxy) is 1. The average molecular weight is 537 g/mol. The number of benzene rings is 2. The summed E-state index contributed by atoms with van der Waals surface area (Å²) in [6.07, 6.45) is 16.3. The Morgan fingerprint density at radius 2 is 1.45 bits per heavy atom. The van der Waals surface area contributed by atoms with Crippen molar-refractivity contribution in [2.45, 2.75) is 104 Å². The molecule has 1 heterocycles. The van der Waals surface area contributed by atoms with Gasteiger partial charge in [0, 0.05) is 23.5 Å². The molecule has 2 aromatic rings. The first-order valence-electron chi connectivity index (χ1n) is 14.8. The van der Waals surface area contributed by atoms with E-state index in [1.807, 2.05) is 54.2 Å². The molecule has 1 aliphatic rings. The van der Waals surface area contributed by atoms with Crippen LogP contribution in [0.25, 0.3) is 0 Å². The molecule has 0 fully saturated rings. The zero-order valence-electron chi connectivity index (χ0n) is 23.7. The van der Waals surface area contributed by atoms with Gasteiger partial charge in [-0.25, -0.2) is 0 Å². The number of nitrogens with one attached hydrogen (secondary N) is 1. The van der Waals surface area contributed by atoms with Crippen LogP contribution in [0.1, 0.15) is 102 Å². The van der Waals surface area contributed by atoms with Crippen LogP contribution in [0, 0.1) is 0 Å². The van der Waals surface area contributed by atoms with Gasteiger partial charge in [-0.3, -0.25) is 4.79 Å². The van der Waals surface area contributed by atoms with Crippen molar-refractivity contribution in [1.29, 1.82) is 0 Å². The molecule has 0 bridgehead atoms. The van der Waals surface area contributed by atoms with Crippen molar-refractivity contribution in [3.8, 4) is 5.75 Å². The maximum absolute atomic E-state index is 13.0. The Kier molecular flexibility index (Phi) is 14.3. The van der Waals surface area contributed by atoms with Gasteiger partial charge in [-0.1, -0.05) is 114 Å². The average Bonchev–Trinajstić information content (AvgIpc) is 3.33. The lowest BCUT2D eigenvalue weighted by molar-refractivity contribution is -0.115. The number of rotatable bonds is 19. The third-order valence-electron chi connectivity index (χ3n) is 7.21. The highest BCUT2D eigenvalue weighted by atomic mass is 32.2. The molecule has 3 rings (SSSR count). The van der Waals surface area contributed by atoms with Crippen molar-refractivity contribution < 1.29 is 9.53 Å². The zero-order chi connectivity index (χ0) is 26.8. The number of para-hydroxylation sites is 2. The maximum Gasteiger partial charge on any atom is 0.228 e. The van der Waals surface area contributed by atoms with E-state index >= 15 is 0 Å². The zero-order valence-corrected chi connectivity index (χ0v) is 24.5. The van der Waals surface area contributed by atoms with E-state index < -0.39 is 0 Å². The minimum atomic E-state index is -0.0121. The third kappa shape index (κ3) is 11.1. The predicted molar refractivity (Wildman–Crippen MR) is 164 cm³/mol. The number of nitrogens with zero attached hydrogens (tertiary/aromatic N) is 1. The number of thioether (sulfide) groups is 1. The van der Waals surface area contributed by atoms with Gasteiger partial charge in [0.1, 0.15) is 5.75 Å². The molecule has 1 aliphatic heterocycles. The molecule has 4 nitrogen and oxygen atoms in total. The van der Waals surface area contributed by atoms with Gasteiger partial charge in [-0.15, -0.1) is 11.8 Å². The van der Waals surface area contributed by atoms with Crippen molar-refractivity contribution in [1.82, 2.24) is 4.90 Å². The summed E-state index contributed by atoms with van der Waals surface area (Å²) in [6.45, 7) is 5.91. The van der Waals surface area contributed by atoms with Crippen LogP contribution in [0.4, 0.5) is 5.69 Å².